The number of non-ortho nitro benzene ring substituents is 1. The number of hydrogen-bond donors (Lipinski definition) is 1. The fraction of sp³-hybridized carbons (Fsp3) is 0.190. The SMILES string of the molecule is COc1ccc([N+](=O)[O-])cc1/C=C1\S/C(=N/N=C/c2ccc(C(C)C)cc2)NC1=O. The molecule has 1 heterocycles. The van der Waals surface area contributed by atoms with Gasteiger partial charge in [-0.2, -0.15) is 5.10 Å². The van der Waals surface area contributed by atoms with Crippen LogP contribution in [-0.2, 0) is 4.79 Å². The number of nitrogens with zero attached hydrogens (tertiary/aromatic N) is 3. The lowest BCUT2D eigenvalue weighted by molar-refractivity contribution is -0.384. The minimum atomic E-state index is -0.501. The Morgan fingerprint density at radius 1 is 1.20 bits per heavy atom. The van der Waals surface area contributed by atoms with E-state index < -0.39 is 4.92 Å². The highest BCUT2D eigenvalue weighted by atomic mass is 32.2. The van der Waals surface area contributed by atoms with E-state index in [2.05, 4.69) is 29.4 Å². The Kier molecular flexibility index (Phi) is 6.63. The van der Waals surface area contributed by atoms with E-state index in [0.29, 0.717) is 27.3 Å². The zero-order chi connectivity index (χ0) is 21.7. The van der Waals surface area contributed by atoms with Gasteiger partial charge in [0.15, 0.2) is 5.17 Å². The van der Waals surface area contributed by atoms with Crippen LogP contribution in [0.15, 0.2) is 57.6 Å². The number of nitrogens with one attached hydrogen (secondary N) is 1. The van der Waals surface area contributed by atoms with Crippen molar-refractivity contribution in [3.05, 3.63) is 74.2 Å². The molecule has 9 heteroatoms. The molecule has 0 aliphatic carbocycles. The Hall–Kier alpha value is -3.46. The van der Waals surface area contributed by atoms with Gasteiger partial charge in [0.05, 0.1) is 23.2 Å². The van der Waals surface area contributed by atoms with Gasteiger partial charge >= 0.3 is 0 Å². The number of rotatable bonds is 6. The normalized spacial score (nSPS) is 16.6. The van der Waals surface area contributed by atoms with Gasteiger partial charge < -0.3 is 4.74 Å². The van der Waals surface area contributed by atoms with Crippen molar-refractivity contribution >= 4 is 40.8 Å². The summed E-state index contributed by atoms with van der Waals surface area (Å²) in [6.45, 7) is 4.26. The van der Waals surface area contributed by atoms with Crippen LogP contribution in [0, 0.1) is 10.1 Å². The third-order valence-corrected chi connectivity index (χ3v) is 5.22. The molecule has 0 radical (unpaired) electrons. The number of carbonyl (C=O) groups is 1. The highest BCUT2D eigenvalue weighted by Crippen LogP contribution is 2.31. The molecular formula is C21H20N4O4S. The number of benzene rings is 2. The number of hydrogen-bond acceptors (Lipinski definition) is 7. The quantitative estimate of drug-likeness (QED) is 0.322. The monoisotopic (exact) mass is 424 g/mol. The molecule has 2 aromatic carbocycles. The maximum Gasteiger partial charge on any atom is 0.270 e. The topological polar surface area (TPSA) is 106 Å². The Labute approximate surface area is 177 Å². The van der Waals surface area contributed by atoms with Crippen LogP contribution in [0.1, 0.15) is 36.5 Å². The second kappa shape index (κ2) is 9.36. The van der Waals surface area contributed by atoms with E-state index in [1.54, 1.807) is 6.21 Å². The summed E-state index contributed by atoms with van der Waals surface area (Å²) in [6, 6.07) is 12.2. The minimum Gasteiger partial charge on any atom is -0.496 e. The first-order chi connectivity index (χ1) is 14.4. The van der Waals surface area contributed by atoms with Crippen LogP contribution in [0.2, 0.25) is 0 Å². The maximum atomic E-state index is 12.2. The lowest BCUT2D eigenvalue weighted by atomic mass is 10.0. The molecule has 0 saturated carbocycles. The van der Waals surface area contributed by atoms with E-state index in [-0.39, 0.29) is 11.6 Å². The molecule has 1 N–H and O–H groups in total. The minimum absolute atomic E-state index is 0.0898. The van der Waals surface area contributed by atoms with Gasteiger partial charge in [0.1, 0.15) is 5.75 Å². The number of nitro benzene ring substituents is 1. The van der Waals surface area contributed by atoms with Crippen molar-refractivity contribution in [2.45, 2.75) is 19.8 Å². The third-order valence-electron chi connectivity index (χ3n) is 4.32. The van der Waals surface area contributed by atoms with Crippen LogP contribution < -0.4 is 10.1 Å². The Balaban J connectivity index is 1.76. The molecule has 8 nitrogen and oxygen atoms in total. The fourth-order valence-corrected chi connectivity index (χ4v) is 3.45. The van der Waals surface area contributed by atoms with Gasteiger partial charge in [0, 0.05) is 17.7 Å². The van der Waals surface area contributed by atoms with Crippen LogP contribution in [-0.4, -0.2) is 29.3 Å². The van der Waals surface area contributed by atoms with Gasteiger partial charge in [0.2, 0.25) is 0 Å². The molecule has 2 aromatic rings. The van der Waals surface area contributed by atoms with Gasteiger partial charge in [-0.3, -0.25) is 20.2 Å². The molecule has 1 saturated heterocycles. The van der Waals surface area contributed by atoms with E-state index in [4.69, 9.17) is 4.74 Å². The van der Waals surface area contributed by atoms with Crippen molar-refractivity contribution in [2.24, 2.45) is 10.2 Å². The molecule has 30 heavy (non-hydrogen) atoms. The number of carbonyl (C=O) groups excluding carboxylic acids is 1. The van der Waals surface area contributed by atoms with Crippen LogP contribution in [0.5, 0.6) is 5.75 Å². The third kappa shape index (κ3) is 5.12. The summed E-state index contributed by atoms with van der Waals surface area (Å²) >= 11 is 1.10. The summed E-state index contributed by atoms with van der Waals surface area (Å²) in [4.78, 5) is 23.1. The summed E-state index contributed by atoms with van der Waals surface area (Å²) in [5, 5.41) is 22.0. The molecule has 3 rings (SSSR count). The summed E-state index contributed by atoms with van der Waals surface area (Å²) in [5.74, 6) is 0.523. The molecule has 1 amide bonds. The van der Waals surface area contributed by atoms with Crippen molar-refractivity contribution in [2.75, 3.05) is 7.11 Å². The zero-order valence-corrected chi connectivity index (χ0v) is 17.5. The van der Waals surface area contributed by atoms with Crippen molar-refractivity contribution < 1.29 is 14.5 Å². The molecule has 0 aromatic heterocycles. The molecule has 0 atom stereocenters. The predicted molar refractivity (Wildman–Crippen MR) is 119 cm³/mol. The summed E-state index contributed by atoms with van der Waals surface area (Å²) in [5.41, 5.74) is 2.48. The van der Waals surface area contributed by atoms with Crippen molar-refractivity contribution in [3.63, 3.8) is 0 Å². The van der Waals surface area contributed by atoms with Crippen LogP contribution in [0.3, 0.4) is 0 Å². The predicted octanol–water partition coefficient (Wildman–Crippen LogP) is 4.32. The van der Waals surface area contributed by atoms with E-state index in [0.717, 1.165) is 17.3 Å². The first-order valence-electron chi connectivity index (χ1n) is 9.11. The number of amidine groups is 1. The lowest BCUT2D eigenvalue weighted by Gasteiger charge is -2.04. The van der Waals surface area contributed by atoms with Crippen LogP contribution >= 0.6 is 11.8 Å². The highest BCUT2D eigenvalue weighted by molar-refractivity contribution is 8.18. The largest absolute Gasteiger partial charge is 0.496 e. The van der Waals surface area contributed by atoms with Gasteiger partial charge in [-0.1, -0.05) is 38.1 Å². The second-order valence-corrected chi connectivity index (χ2v) is 7.75. The number of nitro groups is 1. The van der Waals surface area contributed by atoms with Crippen molar-refractivity contribution in [1.82, 2.24) is 5.32 Å². The van der Waals surface area contributed by atoms with E-state index in [1.807, 2.05) is 24.3 Å². The summed E-state index contributed by atoms with van der Waals surface area (Å²) < 4.78 is 5.23. The van der Waals surface area contributed by atoms with Crippen LogP contribution in [0.4, 0.5) is 5.69 Å². The van der Waals surface area contributed by atoms with E-state index in [9.17, 15) is 14.9 Å². The summed E-state index contributed by atoms with van der Waals surface area (Å²) in [6.07, 6.45) is 3.14. The Morgan fingerprint density at radius 2 is 1.93 bits per heavy atom. The average Bonchev–Trinajstić information content (AvgIpc) is 3.07. The van der Waals surface area contributed by atoms with Crippen molar-refractivity contribution in [3.8, 4) is 5.75 Å². The molecule has 1 aliphatic rings. The average molecular weight is 424 g/mol. The number of amides is 1. The van der Waals surface area contributed by atoms with E-state index in [1.165, 1.54) is 36.9 Å². The molecule has 0 bridgehead atoms. The van der Waals surface area contributed by atoms with Crippen LogP contribution in [0.25, 0.3) is 6.08 Å². The second-order valence-electron chi connectivity index (χ2n) is 6.72. The van der Waals surface area contributed by atoms with Crippen molar-refractivity contribution in [1.29, 1.82) is 0 Å². The molecule has 1 fully saturated rings. The first kappa shape index (κ1) is 21.3. The van der Waals surface area contributed by atoms with E-state index >= 15 is 0 Å². The number of methoxy groups -OCH3 is 1. The standard InChI is InChI=1S/C21H20N4O4S/c1-13(2)15-6-4-14(5-7-15)12-22-24-21-23-20(26)19(30-21)11-16-10-17(25(27)28)8-9-18(16)29-3/h4-13H,1-3H3,(H,23,24,26)/b19-11-,22-12+. The lowest BCUT2D eigenvalue weighted by Crippen LogP contribution is -2.19. The zero-order valence-electron chi connectivity index (χ0n) is 16.7. The van der Waals surface area contributed by atoms with Gasteiger partial charge in [-0.15, -0.1) is 5.10 Å². The first-order valence-corrected chi connectivity index (χ1v) is 9.93. The molecule has 1 aliphatic heterocycles. The molecule has 0 spiro atoms. The maximum absolute atomic E-state index is 12.2. The summed E-state index contributed by atoms with van der Waals surface area (Å²) in [7, 11) is 1.46. The number of thioether (sulfide) groups is 1. The van der Waals surface area contributed by atoms with Gasteiger partial charge in [-0.05, 0) is 40.9 Å². The van der Waals surface area contributed by atoms with Gasteiger partial charge in [-0.25, -0.2) is 0 Å². The highest BCUT2D eigenvalue weighted by Gasteiger charge is 2.24. The molecular weight excluding hydrogens is 404 g/mol. The molecule has 154 valence electrons. The Morgan fingerprint density at radius 3 is 2.57 bits per heavy atom. The number of ether oxygens (including phenoxy) is 1. The Bertz CT molecular complexity index is 1060. The smallest absolute Gasteiger partial charge is 0.270 e. The fourth-order valence-electron chi connectivity index (χ4n) is 2.68. The van der Waals surface area contributed by atoms with Gasteiger partial charge in [0.25, 0.3) is 11.6 Å². The molecule has 0 unspecified atom stereocenters.